The quantitative estimate of drug-likeness (QED) is 0.630. The summed E-state index contributed by atoms with van der Waals surface area (Å²) in [6, 6.07) is 0. The first-order valence-electron chi connectivity index (χ1n) is 5.83. The van der Waals surface area contributed by atoms with Crippen LogP contribution >= 0.6 is 0 Å². The standard InChI is InChI=1S/C12H22O4/c1-5-8-12(4,11(14)16-7-3)9-10(13)15-6-2/h5-9H2,1-4H3. The van der Waals surface area contributed by atoms with Crippen LogP contribution in [0.5, 0.6) is 0 Å². The first-order chi connectivity index (χ1) is 7.50. The van der Waals surface area contributed by atoms with Gasteiger partial charge in [-0.2, -0.15) is 0 Å². The van der Waals surface area contributed by atoms with E-state index in [-0.39, 0.29) is 18.4 Å². The van der Waals surface area contributed by atoms with Crippen molar-refractivity contribution in [1.29, 1.82) is 0 Å². The van der Waals surface area contributed by atoms with Gasteiger partial charge in [0.05, 0.1) is 25.0 Å². The lowest BCUT2D eigenvalue weighted by Crippen LogP contribution is -2.33. The summed E-state index contributed by atoms with van der Waals surface area (Å²) in [6.45, 7) is 7.91. The van der Waals surface area contributed by atoms with E-state index in [2.05, 4.69) is 0 Å². The highest BCUT2D eigenvalue weighted by Gasteiger charge is 2.36. The van der Waals surface area contributed by atoms with Gasteiger partial charge in [0.1, 0.15) is 0 Å². The Hall–Kier alpha value is -1.06. The number of ether oxygens (including phenoxy) is 2. The highest BCUT2D eigenvalue weighted by Crippen LogP contribution is 2.29. The second kappa shape index (κ2) is 7.25. The first kappa shape index (κ1) is 14.9. The minimum Gasteiger partial charge on any atom is -0.466 e. The fraction of sp³-hybridized carbons (Fsp3) is 0.833. The molecule has 0 aliphatic heterocycles. The Morgan fingerprint density at radius 3 is 2.06 bits per heavy atom. The van der Waals surface area contributed by atoms with E-state index in [1.807, 2.05) is 6.92 Å². The normalized spacial score (nSPS) is 14.0. The zero-order valence-corrected chi connectivity index (χ0v) is 10.7. The molecule has 0 N–H and O–H groups in total. The summed E-state index contributed by atoms with van der Waals surface area (Å²) in [5.41, 5.74) is -0.753. The zero-order chi connectivity index (χ0) is 12.6. The lowest BCUT2D eigenvalue weighted by atomic mass is 9.82. The van der Waals surface area contributed by atoms with E-state index < -0.39 is 5.41 Å². The van der Waals surface area contributed by atoms with Gasteiger partial charge >= 0.3 is 11.9 Å². The summed E-state index contributed by atoms with van der Waals surface area (Å²) < 4.78 is 9.86. The Labute approximate surface area is 97.3 Å². The van der Waals surface area contributed by atoms with Crippen LogP contribution in [0.25, 0.3) is 0 Å². The Bertz CT molecular complexity index is 237. The van der Waals surface area contributed by atoms with E-state index >= 15 is 0 Å². The van der Waals surface area contributed by atoms with E-state index in [1.54, 1.807) is 20.8 Å². The average molecular weight is 230 g/mol. The molecule has 0 rings (SSSR count). The molecule has 0 saturated carbocycles. The third kappa shape index (κ3) is 4.64. The van der Waals surface area contributed by atoms with Gasteiger partial charge in [0.2, 0.25) is 0 Å². The lowest BCUT2D eigenvalue weighted by Gasteiger charge is -2.25. The Morgan fingerprint density at radius 2 is 1.62 bits per heavy atom. The fourth-order valence-corrected chi connectivity index (χ4v) is 1.65. The maximum absolute atomic E-state index is 11.8. The number of carbonyl (C=O) groups is 2. The van der Waals surface area contributed by atoms with Crippen molar-refractivity contribution in [3.05, 3.63) is 0 Å². The Balaban J connectivity index is 4.54. The van der Waals surface area contributed by atoms with E-state index in [0.29, 0.717) is 19.6 Å². The van der Waals surface area contributed by atoms with Crippen molar-refractivity contribution in [3.63, 3.8) is 0 Å². The second-order valence-electron chi connectivity index (χ2n) is 4.01. The first-order valence-corrected chi connectivity index (χ1v) is 5.83. The van der Waals surface area contributed by atoms with Crippen molar-refractivity contribution in [1.82, 2.24) is 0 Å². The monoisotopic (exact) mass is 230 g/mol. The number of hydrogen-bond acceptors (Lipinski definition) is 4. The van der Waals surface area contributed by atoms with Crippen LogP contribution in [-0.4, -0.2) is 25.2 Å². The number of hydrogen-bond donors (Lipinski definition) is 0. The van der Waals surface area contributed by atoms with Crippen LogP contribution in [0.15, 0.2) is 0 Å². The molecule has 4 heteroatoms. The zero-order valence-electron chi connectivity index (χ0n) is 10.7. The van der Waals surface area contributed by atoms with E-state index in [9.17, 15) is 9.59 Å². The molecule has 0 radical (unpaired) electrons. The maximum atomic E-state index is 11.8. The van der Waals surface area contributed by atoms with Crippen LogP contribution in [0.1, 0.15) is 47.0 Å². The molecule has 4 nitrogen and oxygen atoms in total. The summed E-state index contributed by atoms with van der Waals surface area (Å²) in [4.78, 5) is 23.2. The largest absolute Gasteiger partial charge is 0.466 e. The van der Waals surface area contributed by atoms with Gasteiger partial charge in [0.25, 0.3) is 0 Å². The Kier molecular flexibility index (Phi) is 6.77. The molecule has 0 aromatic heterocycles. The van der Waals surface area contributed by atoms with Gasteiger partial charge in [-0.15, -0.1) is 0 Å². The molecule has 0 aliphatic carbocycles. The second-order valence-corrected chi connectivity index (χ2v) is 4.01. The molecule has 0 aromatic rings. The SMILES string of the molecule is CCCC(C)(CC(=O)OCC)C(=O)OCC. The molecular weight excluding hydrogens is 208 g/mol. The molecule has 0 spiro atoms. The molecule has 0 saturated heterocycles. The number of esters is 2. The van der Waals surface area contributed by atoms with Crippen LogP contribution in [-0.2, 0) is 19.1 Å². The minimum absolute atomic E-state index is 0.0908. The van der Waals surface area contributed by atoms with Gasteiger partial charge in [-0.25, -0.2) is 0 Å². The summed E-state index contributed by atoms with van der Waals surface area (Å²) in [5, 5.41) is 0. The molecule has 0 fully saturated rings. The van der Waals surface area contributed by atoms with Crippen molar-refractivity contribution >= 4 is 11.9 Å². The summed E-state index contributed by atoms with van der Waals surface area (Å²) in [5.74, 6) is -0.656. The molecule has 0 heterocycles. The lowest BCUT2D eigenvalue weighted by molar-refractivity contribution is -0.161. The predicted octanol–water partition coefficient (Wildman–Crippen LogP) is 2.31. The minimum atomic E-state index is -0.753. The molecule has 1 unspecified atom stereocenters. The van der Waals surface area contributed by atoms with Crippen LogP contribution in [0.4, 0.5) is 0 Å². The molecular formula is C12H22O4. The van der Waals surface area contributed by atoms with Gasteiger partial charge in [-0.3, -0.25) is 9.59 Å². The molecule has 0 aliphatic rings. The van der Waals surface area contributed by atoms with Crippen LogP contribution in [0.2, 0.25) is 0 Å². The fourth-order valence-electron chi connectivity index (χ4n) is 1.65. The van der Waals surface area contributed by atoms with Gasteiger partial charge < -0.3 is 9.47 Å². The van der Waals surface area contributed by atoms with E-state index in [4.69, 9.17) is 9.47 Å². The molecule has 16 heavy (non-hydrogen) atoms. The summed E-state index contributed by atoms with van der Waals surface area (Å²) in [7, 11) is 0. The number of carbonyl (C=O) groups excluding carboxylic acids is 2. The average Bonchev–Trinajstić information content (AvgIpc) is 2.18. The third-order valence-electron chi connectivity index (χ3n) is 2.41. The van der Waals surface area contributed by atoms with E-state index in [1.165, 1.54) is 0 Å². The summed E-state index contributed by atoms with van der Waals surface area (Å²) in [6.07, 6.45) is 1.55. The van der Waals surface area contributed by atoms with Gasteiger partial charge in [0, 0.05) is 0 Å². The van der Waals surface area contributed by atoms with Crippen molar-refractivity contribution < 1.29 is 19.1 Å². The molecule has 0 amide bonds. The highest BCUT2D eigenvalue weighted by molar-refractivity contribution is 5.83. The summed E-state index contributed by atoms with van der Waals surface area (Å²) >= 11 is 0. The smallest absolute Gasteiger partial charge is 0.312 e. The molecule has 0 aromatic carbocycles. The molecule has 1 atom stereocenters. The van der Waals surface area contributed by atoms with Crippen LogP contribution in [0.3, 0.4) is 0 Å². The highest BCUT2D eigenvalue weighted by atomic mass is 16.5. The predicted molar refractivity (Wildman–Crippen MR) is 60.9 cm³/mol. The van der Waals surface area contributed by atoms with Gasteiger partial charge in [0.15, 0.2) is 0 Å². The van der Waals surface area contributed by atoms with Crippen molar-refractivity contribution in [2.75, 3.05) is 13.2 Å². The van der Waals surface area contributed by atoms with Crippen LogP contribution < -0.4 is 0 Å². The number of rotatable bonds is 7. The van der Waals surface area contributed by atoms with Gasteiger partial charge in [-0.1, -0.05) is 13.3 Å². The van der Waals surface area contributed by atoms with Crippen molar-refractivity contribution in [3.8, 4) is 0 Å². The molecule has 94 valence electrons. The maximum Gasteiger partial charge on any atom is 0.312 e. The third-order valence-corrected chi connectivity index (χ3v) is 2.41. The topological polar surface area (TPSA) is 52.6 Å². The van der Waals surface area contributed by atoms with Crippen LogP contribution in [0, 0.1) is 5.41 Å². The molecule has 0 bridgehead atoms. The van der Waals surface area contributed by atoms with Crippen molar-refractivity contribution in [2.24, 2.45) is 5.41 Å². The Morgan fingerprint density at radius 1 is 1.06 bits per heavy atom. The van der Waals surface area contributed by atoms with E-state index in [0.717, 1.165) is 6.42 Å². The van der Waals surface area contributed by atoms with Crippen molar-refractivity contribution in [2.45, 2.75) is 47.0 Å². The van der Waals surface area contributed by atoms with Gasteiger partial charge in [-0.05, 0) is 27.2 Å².